The maximum Gasteiger partial charge on any atom is 0.310 e. The van der Waals surface area contributed by atoms with Crippen molar-refractivity contribution in [2.45, 2.75) is 32.0 Å². The standard InChI is InChI=1S/C12H16O5/c1-2-3-16-11(14)7-5-4-6-8(7)12(15)17-10(6)9(5)13/h5-10,13H,2-4H2,1H3/t5?,6?,7?,8-,9?,10?/m1/s1. The third-order valence-electron chi connectivity index (χ3n) is 4.30. The summed E-state index contributed by atoms with van der Waals surface area (Å²) < 4.78 is 10.3. The fourth-order valence-electron chi connectivity index (χ4n) is 3.64. The molecule has 0 spiro atoms. The molecule has 5 heteroatoms. The molecule has 6 atom stereocenters. The van der Waals surface area contributed by atoms with Crippen molar-refractivity contribution < 1.29 is 24.2 Å². The van der Waals surface area contributed by atoms with Crippen molar-refractivity contribution in [3.05, 3.63) is 0 Å². The summed E-state index contributed by atoms with van der Waals surface area (Å²) in [6.45, 7) is 2.29. The Morgan fingerprint density at radius 1 is 1.53 bits per heavy atom. The van der Waals surface area contributed by atoms with Gasteiger partial charge < -0.3 is 14.6 Å². The molecule has 0 aromatic carbocycles. The molecule has 0 aromatic heterocycles. The second-order valence-corrected chi connectivity index (χ2v) is 5.17. The lowest BCUT2D eigenvalue weighted by Crippen LogP contribution is -2.41. The van der Waals surface area contributed by atoms with Crippen molar-refractivity contribution in [3.63, 3.8) is 0 Å². The smallest absolute Gasteiger partial charge is 0.310 e. The number of carbonyl (C=O) groups is 2. The van der Waals surface area contributed by atoms with E-state index in [0.29, 0.717) is 13.0 Å². The van der Waals surface area contributed by atoms with Gasteiger partial charge in [0.15, 0.2) is 0 Å². The quantitative estimate of drug-likeness (QED) is 0.709. The first kappa shape index (κ1) is 11.0. The first-order valence-corrected chi connectivity index (χ1v) is 6.20. The molecule has 1 heterocycles. The SMILES string of the molecule is CCCOC(=O)C1C2CC3C(OC(=O)[C@H]31)C2O. The number of rotatable bonds is 3. The van der Waals surface area contributed by atoms with Gasteiger partial charge in [-0.2, -0.15) is 0 Å². The van der Waals surface area contributed by atoms with Crippen LogP contribution in [0.15, 0.2) is 0 Å². The third-order valence-corrected chi connectivity index (χ3v) is 4.30. The molecule has 17 heavy (non-hydrogen) atoms. The normalized spacial score (nSPS) is 46.1. The number of carbonyl (C=O) groups excluding carboxylic acids is 2. The summed E-state index contributed by atoms with van der Waals surface area (Å²) in [5.74, 6) is -1.70. The van der Waals surface area contributed by atoms with Gasteiger partial charge in [-0.1, -0.05) is 6.92 Å². The van der Waals surface area contributed by atoms with Gasteiger partial charge in [-0.15, -0.1) is 0 Å². The van der Waals surface area contributed by atoms with Crippen molar-refractivity contribution in [3.8, 4) is 0 Å². The molecule has 1 saturated heterocycles. The van der Waals surface area contributed by atoms with Gasteiger partial charge in [0.25, 0.3) is 0 Å². The summed E-state index contributed by atoms with van der Waals surface area (Å²) in [5, 5.41) is 9.98. The largest absolute Gasteiger partial charge is 0.465 e. The van der Waals surface area contributed by atoms with E-state index in [9.17, 15) is 14.7 Å². The molecule has 2 bridgehead atoms. The minimum Gasteiger partial charge on any atom is -0.465 e. The lowest BCUT2D eigenvalue weighted by molar-refractivity contribution is -0.156. The van der Waals surface area contributed by atoms with Gasteiger partial charge in [0.05, 0.1) is 24.5 Å². The van der Waals surface area contributed by atoms with Crippen LogP contribution >= 0.6 is 0 Å². The van der Waals surface area contributed by atoms with Crippen molar-refractivity contribution in [2.24, 2.45) is 23.7 Å². The number of fused-ring (bicyclic) bond motifs is 1. The van der Waals surface area contributed by atoms with Crippen LogP contribution in [0.25, 0.3) is 0 Å². The average Bonchev–Trinajstić information content (AvgIpc) is 2.89. The minimum atomic E-state index is -0.693. The van der Waals surface area contributed by atoms with Crippen LogP contribution in [0.1, 0.15) is 19.8 Å². The molecule has 1 aliphatic heterocycles. The van der Waals surface area contributed by atoms with Crippen LogP contribution in [0.5, 0.6) is 0 Å². The van der Waals surface area contributed by atoms with E-state index in [1.165, 1.54) is 0 Å². The van der Waals surface area contributed by atoms with E-state index in [1.807, 2.05) is 6.92 Å². The van der Waals surface area contributed by atoms with E-state index in [-0.39, 0.29) is 35.8 Å². The van der Waals surface area contributed by atoms with Gasteiger partial charge in [-0.25, -0.2) is 0 Å². The zero-order valence-electron chi connectivity index (χ0n) is 9.67. The third kappa shape index (κ3) is 1.35. The van der Waals surface area contributed by atoms with Crippen LogP contribution in [0.4, 0.5) is 0 Å². The van der Waals surface area contributed by atoms with Crippen LogP contribution in [-0.2, 0) is 19.1 Å². The number of hydrogen-bond donors (Lipinski definition) is 1. The highest BCUT2D eigenvalue weighted by atomic mass is 16.6. The maximum atomic E-state index is 11.9. The topological polar surface area (TPSA) is 72.8 Å². The van der Waals surface area contributed by atoms with E-state index in [2.05, 4.69) is 0 Å². The molecule has 3 rings (SSSR count). The number of hydrogen-bond acceptors (Lipinski definition) is 5. The van der Waals surface area contributed by atoms with Gasteiger partial charge in [0.1, 0.15) is 6.10 Å². The Morgan fingerprint density at radius 2 is 2.29 bits per heavy atom. The van der Waals surface area contributed by atoms with Crippen LogP contribution in [0.3, 0.4) is 0 Å². The highest BCUT2D eigenvalue weighted by molar-refractivity contribution is 5.86. The molecule has 2 aliphatic carbocycles. The first-order valence-electron chi connectivity index (χ1n) is 6.20. The number of esters is 2. The van der Waals surface area contributed by atoms with E-state index >= 15 is 0 Å². The highest BCUT2D eigenvalue weighted by Crippen LogP contribution is 2.57. The molecule has 1 N–H and O–H groups in total. The van der Waals surface area contributed by atoms with E-state index < -0.39 is 12.0 Å². The fraction of sp³-hybridized carbons (Fsp3) is 0.833. The Labute approximate surface area is 99.1 Å². The second kappa shape index (κ2) is 3.70. The summed E-state index contributed by atoms with van der Waals surface area (Å²) in [4.78, 5) is 23.6. The number of aliphatic hydroxyl groups is 1. The Hall–Kier alpha value is -1.10. The predicted molar refractivity (Wildman–Crippen MR) is 55.7 cm³/mol. The van der Waals surface area contributed by atoms with Crippen LogP contribution in [0, 0.1) is 23.7 Å². The summed E-state index contributed by atoms with van der Waals surface area (Å²) in [5.41, 5.74) is 0. The summed E-state index contributed by atoms with van der Waals surface area (Å²) in [7, 11) is 0. The predicted octanol–water partition coefficient (Wildman–Crippen LogP) is 0.108. The molecular formula is C12H16O5. The van der Waals surface area contributed by atoms with Gasteiger partial charge in [-0.05, 0) is 12.8 Å². The molecular weight excluding hydrogens is 224 g/mol. The van der Waals surface area contributed by atoms with Gasteiger partial charge in [-0.3, -0.25) is 9.59 Å². The molecule has 94 valence electrons. The van der Waals surface area contributed by atoms with Gasteiger partial charge in [0.2, 0.25) is 0 Å². The lowest BCUT2D eigenvalue weighted by atomic mass is 9.78. The van der Waals surface area contributed by atoms with Crippen molar-refractivity contribution in [2.75, 3.05) is 6.61 Å². The summed E-state index contributed by atoms with van der Waals surface area (Å²) in [6, 6.07) is 0. The Kier molecular flexibility index (Phi) is 2.40. The molecule has 0 radical (unpaired) electrons. The fourth-order valence-corrected chi connectivity index (χ4v) is 3.64. The van der Waals surface area contributed by atoms with Crippen LogP contribution < -0.4 is 0 Å². The van der Waals surface area contributed by atoms with E-state index in [1.54, 1.807) is 0 Å². The maximum absolute atomic E-state index is 11.9. The number of aliphatic hydroxyl groups excluding tert-OH is 1. The molecule has 2 saturated carbocycles. The van der Waals surface area contributed by atoms with E-state index in [4.69, 9.17) is 9.47 Å². The summed E-state index contributed by atoms with van der Waals surface area (Å²) in [6.07, 6.45) is 0.385. The van der Waals surface area contributed by atoms with Crippen molar-refractivity contribution >= 4 is 11.9 Å². The zero-order chi connectivity index (χ0) is 12.2. The Morgan fingerprint density at radius 3 is 3.00 bits per heavy atom. The molecule has 0 amide bonds. The summed E-state index contributed by atoms with van der Waals surface area (Å²) >= 11 is 0. The Balaban J connectivity index is 1.82. The van der Waals surface area contributed by atoms with E-state index in [0.717, 1.165) is 6.42 Å². The zero-order valence-corrected chi connectivity index (χ0v) is 9.67. The van der Waals surface area contributed by atoms with Crippen molar-refractivity contribution in [1.29, 1.82) is 0 Å². The minimum absolute atomic E-state index is 0.0154. The van der Waals surface area contributed by atoms with Crippen LogP contribution in [-0.4, -0.2) is 35.9 Å². The average molecular weight is 240 g/mol. The monoisotopic (exact) mass is 240 g/mol. The van der Waals surface area contributed by atoms with Crippen LogP contribution in [0.2, 0.25) is 0 Å². The van der Waals surface area contributed by atoms with Crippen molar-refractivity contribution in [1.82, 2.24) is 0 Å². The second-order valence-electron chi connectivity index (χ2n) is 5.17. The molecule has 5 nitrogen and oxygen atoms in total. The first-order chi connectivity index (χ1) is 8.15. The molecule has 3 fully saturated rings. The Bertz CT molecular complexity index is 366. The molecule has 3 aliphatic rings. The lowest BCUT2D eigenvalue weighted by Gasteiger charge is -2.26. The highest BCUT2D eigenvalue weighted by Gasteiger charge is 2.68. The number of ether oxygens (including phenoxy) is 2. The van der Waals surface area contributed by atoms with Gasteiger partial charge in [0, 0.05) is 11.8 Å². The molecule has 5 unspecified atom stereocenters. The van der Waals surface area contributed by atoms with Gasteiger partial charge >= 0.3 is 11.9 Å². The molecule has 0 aromatic rings.